The van der Waals surface area contributed by atoms with Gasteiger partial charge in [0.1, 0.15) is 11.5 Å². The summed E-state index contributed by atoms with van der Waals surface area (Å²) in [6.07, 6.45) is 2.80. The molecule has 0 aliphatic heterocycles. The van der Waals surface area contributed by atoms with Gasteiger partial charge in [-0.25, -0.2) is 0 Å². The van der Waals surface area contributed by atoms with E-state index in [4.69, 9.17) is 14.2 Å². The van der Waals surface area contributed by atoms with Gasteiger partial charge in [0.2, 0.25) is 0 Å². The molecule has 0 fully saturated rings. The van der Waals surface area contributed by atoms with Gasteiger partial charge in [-0.15, -0.1) is 0 Å². The highest BCUT2D eigenvalue weighted by Gasteiger charge is 2.33. The van der Waals surface area contributed by atoms with Gasteiger partial charge in [0.25, 0.3) is 0 Å². The van der Waals surface area contributed by atoms with Crippen molar-refractivity contribution >= 4 is 20.2 Å². The predicted molar refractivity (Wildman–Crippen MR) is 112 cm³/mol. The van der Waals surface area contributed by atoms with Crippen LogP contribution in [0.15, 0.2) is 36.4 Å². The number of aryl methyl sites for hydroxylation is 1. The summed E-state index contributed by atoms with van der Waals surface area (Å²) in [6.45, 7) is 6.57. The van der Waals surface area contributed by atoms with Crippen molar-refractivity contribution in [2.75, 3.05) is 21.0 Å². The number of ether oxygens (including phenoxy) is 3. The van der Waals surface area contributed by atoms with Crippen molar-refractivity contribution < 1.29 is 19.0 Å². The molecule has 0 aliphatic carbocycles. The first kappa shape index (κ1) is 21.4. The smallest absolute Gasteiger partial charge is 0.188 e. The van der Waals surface area contributed by atoms with Crippen LogP contribution in [0.2, 0.25) is 0 Å². The van der Waals surface area contributed by atoms with E-state index in [2.05, 4.69) is 32.0 Å². The van der Waals surface area contributed by atoms with Crippen molar-refractivity contribution in [2.45, 2.75) is 38.8 Å². The highest BCUT2D eigenvalue weighted by atomic mass is 31.1. The van der Waals surface area contributed by atoms with Crippen LogP contribution < -0.4 is 14.8 Å². The summed E-state index contributed by atoms with van der Waals surface area (Å²) < 4.78 is 16.4. The zero-order valence-corrected chi connectivity index (χ0v) is 17.8. The molecule has 1 atom stereocenters. The molecular formula is C22H29O4P. The van der Waals surface area contributed by atoms with Crippen molar-refractivity contribution in [1.29, 1.82) is 0 Å². The Labute approximate surface area is 164 Å². The maximum atomic E-state index is 11.6. The van der Waals surface area contributed by atoms with Crippen LogP contribution in [0.1, 0.15) is 48.2 Å². The fraction of sp³-hybridized carbons (Fsp3) is 0.409. The fourth-order valence-electron chi connectivity index (χ4n) is 3.28. The van der Waals surface area contributed by atoms with Gasteiger partial charge < -0.3 is 14.2 Å². The minimum Gasteiger partial charge on any atom is -0.497 e. The normalized spacial score (nSPS) is 11.7. The third-order valence-corrected chi connectivity index (χ3v) is 7.13. The van der Waals surface area contributed by atoms with Gasteiger partial charge in [-0.1, -0.05) is 40.1 Å². The van der Waals surface area contributed by atoms with Gasteiger partial charge in [0.05, 0.1) is 7.11 Å². The van der Waals surface area contributed by atoms with Gasteiger partial charge in [0.15, 0.2) is 13.1 Å². The zero-order chi connectivity index (χ0) is 19.9. The highest BCUT2D eigenvalue weighted by molar-refractivity contribution is 7.48. The molecule has 0 aromatic heterocycles. The van der Waals surface area contributed by atoms with E-state index in [0.29, 0.717) is 8.58 Å². The Bertz CT molecular complexity index is 769. The van der Waals surface area contributed by atoms with Gasteiger partial charge >= 0.3 is 0 Å². The van der Waals surface area contributed by atoms with Gasteiger partial charge in [-0.2, -0.15) is 0 Å². The molecule has 2 aromatic carbocycles. The second-order valence-electron chi connectivity index (χ2n) is 6.54. The van der Waals surface area contributed by atoms with E-state index in [9.17, 15) is 4.79 Å². The van der Waals surface area contributed by atoms with Gasteiger partial charge in [-0.3, -0.25) is 4.79 Å². The van der Waals surface area contributed by atoms with Crippen LogP contribution in [0.4, 0.5) is 0 Å². The lowest BCUT2D eigenvalue weighted by Crippen LogP contribution is -2.24. The van der Waals surface area contributed by atoms with Crippen LogP contribution in [0.25, 0.3) is 0 Å². The van der Waals surface area contributed by atoms with Crippen LogP contribution >= 0.6 is 8.58 Å². The number of hydrogen-bond donors (Lipinski definition) is 0. The molecule has 5 heteroatoms. The van der Waals surface area contributed by atoms with Crippen LogP contribution in [-0.4, -0.2) is 27.3 Å². The predicted octanol–water partition coefficient (Wildman–Crippen LogP) is 4.82. The van der Waals surface area contributed by atoms with E-state index in [1.165, 1.54) is 0 Å². The first-order valence-corrected chi connectivity index (χ1v) is 10.2. The van der Waals surface area contributed by atoms with Crippen LogP contribution in [0.3, 0.4) is 0 Å². The highest BCUT2D eigenvalue weighted by Crippen LogP contribution is 2.51. The lowest BCUT2D eigenvalue weighted by molar-refractivity contribution is 0.0499. The van der Waals surface area contributed by atoms with Crippen LogP contribution in [0.5, 0.6) is 11.5 Å². The molecule has 2 rings (SSSR count). The number of hydrogen-bond acceptors (Lipinski definition) is 4. The van der Waals surface area contributed by atoms with Gasteiger partial charge in [0, 0.05) is 23.4 Å². The average Bonchev–Trinajstić information content (AvgIpc) is 2.71. The quantitative estimate of drug-likeness (QED) is 0.333. The Morgan fingerprint density at radius 2 is 1.81 bits per heavy atom. The van der Waals surface area contributed by atoms with E-state index < -0.39 is 0 Å². The molecular weight excluding hydrogens is 359 g/mol. The SMILES string of the molecule is CCC(CC)(Pc1ccc(C)cc1C=O)c1cc(OC)ccc1OCOC. The summed E-state index contributed by atoms with van der Waals surface area (Å²) in [5, 5.41) is 0.935. The maximum Gasteiger partial charge on any atom is 0.188 e. The van der Waals surface area contributed by atoms with Crippen molar-refractivity contribution in [3.63, 3.8) is 0 Å². The number of carbonyl (C=O) groups is 1. The fourth-order valence-corrected chi connectivity index (χ4v) is 4.93. The molecule has 0 amide bonds. The molecule has 2 aromatic rings. The van der Waals surface area contributed by atoms with E-state index in [0.717, 1.165) is 52.6 Å². The average molecular weight is 388 g/mol. The summed E-state index contributed by atoms with van der Waals surface area (Å²) in [5.74, 6) is 1.60. The van der Waals surface area contributed by atoms with Crippen LogP contribution in [-0.2, 0) is 9.89 Å². The zero-order valence-electron chi connectivity index (χ0n) is 16.8. The summed E-state index contributed by atoms with van der Waals surface area (Å²) in [5.41, 5.74) is 2.95. The number of benzene rings is 2. The molecule has 0 saturated heterocycles. The molecule has 146 valence electrons. The van der Waals surface area contributed by atoms with E-state index in [1.54, 1.807) is 14.2 Å². The molecule has 0 saturated carbocycles. The van der Waals surface area contributed by atoms with Crippen molar-refractivity contribution in [2.24, 2.45) is 0 Å². The molecule has 4 nitrogen and oxygen atoms in total. The third kappa shape index (κ3) is 4.88. The van der Waals surface area contributed by atoms with Crippen molar-refractivity contribution in [3.8, 4) is 11.5 Å². The minimum absolute atomic E-state index is 0.148. The summed E-state index contributed by atoms with van der Waals surface area (Å²) in [4.78, 5) is 11.6. The van der Waals surface area contributed by atoms with Crippen LogP contribution in [0, 0.1) is 6.92 Å². The molecule has 0 aliphatic rings. The summed E-state index contributed by atoms with van der Waals surface area (Å²) in [7, 11) is 3.72. The maximum absolute atomic E-state index is 11.6. The molecule has 27 heavy (non-hydrogen) atoms. The molecule has 0 bridgehead atoms. The van der Waals surface area contributed by atoms with E-state index >= 15 is 0 Å². The molecule has 0 N–H and O–H groups in total. The van der Waals surface area contributed by atoms with Crippen molar-refractivity contribution in [1.82, 2.24) is 0 Å². The molecule has 0 heterocycles. The topological polar surface area (TPSA) is 44.8 Å². The summed E-state index contributed by atoms with van der Waals surface area (Å²) >= 11 is 0. The monoisotopic (exact) mass is 388 g/mol. The summed E-state index contributed by atoms with van der Waals surface area (Å²) in [6, 6.07) is 12.0. The lowest BCUT2D eigenvalue weighted by Gasteiger charge is -2.34. The standard InChI is InChI=1S/C22H29O4P/c1-6-22(7-2,27-21-11-8-16(3)12-17(21)14-23)19-13-18(25-5)9-10-20(19)26-15-24-4/h8-14,27H,6-7,15H2,1-5H3. The second kappa shape index (κ2) is 9.87. The van der Waals surface area contributed by atoms with Crippen molar-refractivity contribution in [3.05, 3.63) is 53.1 Å². The Balaban J connectivity index is 2.56. The molecule has 0 spiro atoms. The number of methoxy groups -OCH3 is 2. The minimum atomic E-state index is -0.148. The second-order valence-corrected chi connectivity index (χ2v) is 8.28. The number of rotatable bonds is 10. The Hall–Kier alpha value is -1.90. The Morgan fingerprint density at radius 1 is 1.07 bits per heavy atom. The molecule has 1 unspecified atom stereocenters. The van der Waals surface area contributed by atoms with Gasteiger partial charge in [-0.05, 0) is 49.3 Å². The lowest BCUT2D eigenvalue weighted by atomic mass is 9.91. The number of carbonyl (C=O) groups excluding carboxylic acids is 1. The van der Waals surface area contributed by atoms with E-state index in [-0.39, 0.29) is 11.9 Å². The Morgan fingerprint density at radius 3 is 2.41 bits per heavy atom. The first-order chi connectivity index (χ1) is 13.0. The molecule has 0 radical (unpaired) electrons. The Kier molecular flexibility index (Phi) is 7.82. The largest absolute Gasteiger partial charge is 0.497 e. The van der Waals surface area contributed by atoms with E-state index in [1.807, 2.05) is 25.1 Å². The number of aldehydes is 1. The third-order valence-electron chi connectivity index (χ3n) is 4.95. The first-order valence-electron chi connectivity index (χ1n) is 9.17.